The standard InChI is InChI=1S/C15H26ClN5/c1-6-21-15-14(12(4)18-21)17-13(10-16)20(15)9-7-8-19(5)11(2)3/h11H,6-10H2,1-5H3. The summed E-state index contributed by atoms with van der Waals surface area (Å²) in [5.41, 5.74) is 3.08. The molecule has 0 amide bonds. The molecule has 2 aromatic rings. The number of alkyl halides is 1. The third-order valence-electron chi connectivity index (χ3n) is 4.07. The molecule has 0 aliphatic rings. The first-order valence-corrected chi connectivity index (χ1v) is 8.21. The number of imidazole rings is 1. The van der Waals surface area contributed by atoms with Crippen LogP contribution in [0.2, 0.25) is 0 Å². The van der Waals surface area contributed by atoms with Crippen molar-refractivity contribution in [2.45, 2.75) is 59.1 Å². The lowest BCUT2D eigenvalue weighted by Gasteiger charge is -2.21. The third-order valence-corrected chi connectivity index (χ3v) is 4.31. The molecule has 0 aliphatic carbocycles. The second kappa shape index (κ2) is 6.79. The van der Waals surface area contributed by atoms with Crippen LogP contribution >= 0.6 is 11.6 Å². The highest BCUT2D eigenvalue weighted by molar-refractivity contribution is 6.16. The Morgan fingerprint density at radius 1 is 1.33 bits per heavy atom. The monoisotopic (exact) mass is 311 g/mol. The summed E-state index contributed by atoms with van der Waals surface area (Å²) in [4.78, 5) is 7.02. The van der Waals surface area contributed by atoms with Gasteiger partial charge in [0.2, 0.25) is 0 Å². The van der Waals surface area contributed by atoms with Crippen LogP contribution in [0.3, 0.4) is 0 Å². The Morgan fingerprint density at radius 3 is 2.62 bits per heavy atom. The molecule has 0 saturated heterocycles. The molecule has 0 fully saturated rings. The van der Waals surface area contributed by atoms with E-state index in [9.17, 15) is 0 Å². The fourth-order valence-corrected chi connectivity index (χ4v) is 2.77. The van der Waals surface area contributed by atoms with Gasteiger partial charge in [-0.2, -0.15) is 5.10 Å². The van der Waals surface area contributed by atoms with Crippen molar-refractivity contribution in [3.63, 3.8) is 0 Å². The van der Waals surface area contributed by atoms with E-state index in [0.717, 1.165) is 48.7 Å². The number of nitrogens with zero attached hydrogens (tertiary/aromatic N) is 5. The molecule has 21 heavy (non-hydrogen) atoms. The van der Waals surface area contributed by atoms with E-state index < -0.39 is 0 Å². The van der Waals surface area contributed by atoms with Crippen LogP contribution in [0.25, 0.3) is 11.2 Å². The van der Waals surface area contributed by atoms with E-state index in [1.807, 2.05) is 11.6 Å². The Labute approximate surface area is 131 Å². The predicted octanol–water partition coefficient (Wildman–Crippen LogP) is 3.03. The molecular weight excluding hydrogens is 286 g/mol. The topological polar surface area (TPSA) is 38.9 Å². The van der Waals surface area contributed by atoms with Gasteiger partial charge in [-0.3, -0.25) is 0 Å². The van der Waals surface area contributed by atoms with Crippen LogP contribution in [0, 0.1) is 6.92 Å². The van der Waals surface area contributed by atoms with Crippen molar-refractivity contribution in [1.29, 1.82) is 0 Å². The number of aromatic nitrogens is 4. The van der Waals surface area contributed by atoms with Crippen LogP contribution in [0.1, 0.15) is 38.7 Å². The first-order chi connectivity index (χ1) is 9.99. The van der Waals surface area contributed by atoms with Crippen LogP contribution < -0.4 is 0 Å². The zero-order chi connectivity index (χ0) is 15.6. The number of aryl methyl sites for hydroxylation is 3. The molecule has 2 rings (SSSR count). The summed E-state index contributed by atoms with van der Waals surface area (Å²) in [7, 11) is 2.16. The van der Waals surface area contributed by atoms with Gasteiger partial charge >= 0.3 is 0 Å². The van der Waals surface area contributed by atoms with Crippen molar-refractivity contribution < 1.29 is 0 Å². The second-order valence-electron chi connectivity index (χ2n) is 5.81. The SMILES string of the molecule is CCn1nc(C)c2nc(CCl)n(CCCN(C)C(C)C)c21. The minimum Gasteiger partial charge on any atom is -0.312 e. The smallest absolute Gasteiger partial charge is 0.158 e. The Balaban J connectivity index is 2.24. The first-order valence-electron chi connectivity index (χ1n) is 7.68. The van der Waals surface area contributed by atoms with Gasteiger partial charge in [-0.25, -0.2) is 9.67 Å². The van der Waals surface area contributed by atoms with Gasteiger partial charge in [0.05, 0.1) is 11.6 Å². The van der Waals surface area contributed by atoms with Crippen molar-refractivity contribution >= 4 is 22.8 Å². The maximum Gasteiger partial charge on any atom is 0.158 e. The molecule has 118 valence electrons. The molecule has 0 N–H and O–H groups in total. The van der Waals surface area contributed by atoms with Crippen LogP contribution in [-0.2, 0) is 19.0 Å². The van der Waals surface area contributed by atoms with Crippen molar-refractivity contribution in [1.82, 2.24) is 24.2 Å². The Hall–Kier alpha value is -1.07. The average molecular weight is 312 g/mol. The van der Waals surface area contributed by atoms with E-state index in [1.54, 1.807) is 0 Å². The van der Waals surface area contributed by atoms with Crippen LogP contribution in [0.5, 0.6) is 0 Å². The van der Waals surface area contributed by atoms with E-state index in [0.29, 0.717) is 11.9 Å². The number of hydrogen-bond acceptors (Lipinski definition) is 3. The lowest BCUT2D eigenvalue weighted by atomic mass is 10.3. The van der Waals surface area contributed by atoms with Gasteiger partial charge < -0.3 is 9.47 Å². The molecule has 6 heteroatoms. The van der Waals surface area contributed by atoms with Crippen LogP contribution in [0.15, 0.2) is 0 Å². The van der Waals surface area contributed by atoms with E-state index in [-0.39, 0.29) is 0 Å². The van der Waals surface area contributed by atoms with E-state index in [2.05, 4.69) is 47.4 Å². The number of rotatable bonds is 7. The summed E-state index contributed by atoms with van der Waals surface area (Å²) in [6, 6.07) is 0.573. The summed E-state index contributed by atoms with van der Waals surface area (Å²) in [6.07, 6.45) is 1.08. The normalized spacial score (nSPS) is 12.2. The van der Waals surface area contributed by atoms with Gasteiger partial charge in [0.15, 0.2) is 5.65 Å². The quantitative estimate of drug-likeness (QED) is 0.738. The molecule has 2 aromatic heterocycles. The summed E-state index contributed by atoms with van der Waals surface area (Å²) in [6.45, 7) is 11.4. The zero-order valence-corrected chi connectivity index (χ0v) is 14.5. The maximum absolute atomic E-state index is 6.08. The van der Waals surface area contributed by atoms with E-state index in [4.69, 9.17) is 11.6 Å². The summed E-state index contributed by atoms with van der Waals surface area (Å²) in [5.74, 6) is 1.39. The summed E-state index contributed by atoms with van der Waals surface area (Å²) < 4.78 is 4.26. The largest absolute Gasteiger partial charge is 0.312 e. The molecular formula is C15H26ClN5. The van der Waals surface area contributed by atoms with Crippen molar-refractivity contribution in [3.8, 4) is 0 Å². The fourth-order valence-electron chi connectivity index (χ4n) is 2.56. The third kappa shape index (κ3) is 3.24. The van der Waals surface area contributed by atoms with Crippen molar-refractivity contribution in [2.75, 3.05) is 13.6 Å². The van der Waals surface area contributed by atoms with Gasteiger partial charge in [0, 0.05) is 19.1 Å². The van der Waals surface area contributed by atoms with E-state index in [1.165, 1.54) is 0 Å². The first kappa shape index (κ1) is 16.3. The summed E-state index contributed by atoms with van der Waals surface area (Å²) >= 11 is 6.08. The van der Waals surface area contributed by atoms with Gasteiger partial charge in [-0.15, -0.1) is 11.6 Å². The van der Waals surface area contributed by atoms with Crippen LogP contribution in [0.4, 0.5) is 0 Å². The lowest BCUT2D eigenvalue weighted by molar-refractivity contribution is 0.265. The van der Waals surface area contributed by atoms with Crippen LogP contribution in [-0.4, -0.2) is 43.9 Å². The lowest BCUT2D eigenvalue weighted by Crippen LogP contribution is -2.28. The Kier molecular flexibility index (Phi) is 5.27. The van der Waals surface area contributed by atoms with Crippen molar-refractivity contribution in [2.24, 2.45) is 0 Å². The van der Waals surface area contributed by atoms with Gasteiger partial charge in [0.1, 0.15) is 11.3 Å². The molecule has 0 aromatic carbocycles. The van der Waals surface area contributed by atoms with Crippen molar-refractivity contribution in [3.05, 3.63) is 11.5 Å². The second-order valence-corrected chi connectivity index (χ2v) is 6.08. The molecule has 5 nitrogen and oxygen atoms in total. The fraction of sp³-hybridized carbons (Fsp3) is 0.733. The molecule has 0 radical (unpaired) electrons. The average Bonchev–Trinajstić information content (AvgIpc) is 2.97. The van der Waals surface area contributed by atoms with E-state index >= 15 is 0 Å². The predicted molar refractivity (Wildman–Crippen MR) is 87.9 cm³/mol. The highest BCUT2D eigenvalue weighted by atomic mass is 35.5. The molecule has 0 saturated carbocycles. The Morgan fingerprint density at radius 2 is 2.05 bits per heavy atom. The zero-order valence-electron chi connectivity index (χ0n) is 13.7. The molecule has 0 spiro atoms. The molecule has 0 bridgehead atoms. The summed E-state index contributed by atoms with van der Waals surface area (Å²) in [5, 5.41) is 4.56. The number of halogens is 1. The van der Waals surface area contributed by atoms with Gasteiger partial charge in [-0.1, -0.05) is 0 Å². The highest BCUT2D eigenvalue weighted by Gasteiger charge is 2.17. The minimum atomic E-state index is 0.442. The highest BCUT2D eigenvalue weighted by Crippen LogP contribution is 2.21. The minimum absolute atomic E-state index is 0.442. The molecule has 0 unspecified atom stereocenters. The number of fused-ring (bicyclic) bond motifs is 1. The number of hydrogen-bond donors (Lipinski definition) is 0. The maximum atomic E-state index is 6.08. The molecule has 0 aliphatic heterocycles. The molecule has 2 heterocycles. The Bertz CT molecular complexity index is 599. The van der Waals surface area contributed by atoms with Gasteiger partial charge in [0.25, 0.3) is 0 Å². The van der Waals surface area contributed by atoms with Gasteiger partial charge in [-0.05, 0) is 47.7 Å². The molecule has 0 atom stereocenters.